The maximum Gasteiger partial charge on any atom is 0.235 e. The van der Waals surface area contributed by atoms with Crippen LogP contribution in [-0.4, -0.2) is 20.8 Å². The number of benzene rings is 1. The molecule has 0 aromatic heterocycles. The molecule has 0 saturated carbocycles. The Balaban J connectivity index is 2.59. The molecule has 0 aliphatic rings. The molecule has 0 heterocycles. The monoisotopic (exact) mass is 256 g/mol. The lowest BCUT2D eigenvalue weighted by Crippen LogP contribution is -2.09. The Morgan fingerprint density at radius 3 is 2.53 bits per heavy atom. The standard InChI is InChI=1S/C8H7ClF2O3S/c9-15(12,13)4-3-14-8-2-1-6(10)5-7(8)11/h1-2,5H,3-4H2. The van der Waals surface area contributed by atoms with Crippen molar-refractivity contribution in [2.24, 2.45) is 0 Å². The Kier molecular flexibility index (Phi) is 3.87. The molecule has 84 valence electrons. The van der Waals surface area contributed by atoms with Gasteiger partial charge in [0, 0.05) is 16.7 Å². The molecule has 0 fully saturated rings. The van der Waals surface area contributed by atoms with Gasteiger partial charge in [0.25, 0.3) is 0 Å². The normalized spacial score (nSPS) is 11.4. The highest BCUT2D eigenvalue weighted by molar-refractivity contribution is 8.13. The molecule has 0 bridgehead atoms. The van der Waals surface area contributed by atoms with E-state index in [4.69, 9.17) is 15.4 Å². The topological polar surface area (TPSA) is 43.4 Å². The Morgan fingerprint density at radius 1 is 1.33 bits per heavy atom. The van der Waals surface area contributed by atoms with E-state index < -0.39 is 26.4 Å². The molecular formula is C8H7ClF2O3S. The van der Waals surface area contributed by atoms with E-state index in [1.807, 2.05) is 0 Å². The molecule has 0 atom stereocenters. The molecule has 0 unspecified atom stereocenters. The smallest absolute Gasteiger partial charge is 0.235 e. The van der Waals surface area contributed by atoms with Gasteiger partial charge in [0.05, 0.1) is 5.75 Å². The second-order valence-electron chi connectivity index (χ2n) is 2.67. The minimum absolute atomic E-state index is 0.211. The third-order valence-corrected chi connectivity index (χ3v) is 2.60. The predicted octanol–water partition coefficient (Wildman–Crippen LogP) is 1.91. The first-order valence-electron chi connectivity index (χ1n) is 3.89. The second kappa shape index (κ2) is 4.76. The Labute approximate surface area is 90.0 Å². The molecule has 0 aliphatic carbocycles. The molecule has 0 spiro atoms. The highest BCUT2D eigenvalue weighted by Gasteiger charge is 2.08. The van der Waals surface area contributed by atoms with Crippen LogP contribution in [-0.2, 0) is 9.05 Å². The number of rotatable bonds is 4. The van der Waals surface area contributed by atoms with Crippen molar-refractivity contribution in [2.75, 3.05) is 12.4 Å². The summed E-state index contributed by atoms with van der Waals surface area (Å²) in [6.07, 6.45) is 0. The average molecular weight is 257 g/mol. The minimum Gasteiger partial charge on any atom is -0.489 e. The fourth-order valence-electron chi connectivity index (χ4n) is 0.843. The highest BCUT2D eigenvalue weighted by atomic mass is 35.7. The summed E-state index contributed by atoms with van der Waals surface area (Å²) in [6.45, 7) is -0.283. The van der Waals surface area contributed by atoms with Crippen molar-refractivity contribution < 1.29 is 21.9 Å². The van der Waals surface area contributed by atoms with Crippen molar-refractivity contribution in [1.29, 1.82) is 0 Å². The third kappa shape index (κ3) is 4.44. The van der Waals surface area contributed by atoms with Crippen LogP contribution >= 0.6 is 10.7 Å². The van der Waals surface area contributed by atoms with E-state index >= 15 is 0 Å². The van der Waals surface area contributed by atoms with Gasteiger partial charge in [-0.2, -0.15) is 0 Å². The molecule has 1 aromatic rings. The van der Waals surface area contributed by atoms with Crippen LogP contribution in [0.3, 0.4) is 0 Å². The first-order valence-corrected chi connectivity index (χ1v) is 6.36. The summed E-state index contributed by atoms with van der Waals surface area (Å²) in [5.74, 6) is -2.27. The van der Waals surface area contributed by atoms with Crippen molar-refractivity contribution >= 4 is 19.7 Å². The molecule has 0 saturated heterocycles. The third-order valence-electron chi connectivity index (χ3n) is 1.48. The van der Waals surface area contributed by atoms with Crippen LogP contribution in [0.2, 0.25) is 0 Å². The van der Waals surface area contributed by atoms with E-state index in [1.165, 1.54) is 0 Å². The lowest BCUT2D eigenvalue weighted by Gasteiger charge is -2.05. The zero-order valence-corrected chi connectivity index (χ0v) is 8.99. The molecule has 1 aromatic carbocycles. The molecule has 15 heavy (non-hydrogen) atoms. The van der Waals surface area contributed by atoms with Gasteiger partial charge in [-0.15, -0.1) is 0 Å². The minimum atomic E-state index is -3.66. The summed E-state index contributed by atoms with van der Waals surface area (Å²) in [4.78, 5) is 0. The van der Waals surface area contributed by atoms with E-state index in [0.717, 1.165) is 12.1 Å². The van der Waals surface area contributed by atoms with Crippen molar-refractivity contribution in [3.8, 4) is 5.75 Å². The number of halogens is 3. The summed E-state index contributed by atoms with van der Waals surface area (Å²) < 4.78 is 51.1. The van der Waals surface area contributed by atoms with Gasteiger partial charge in [-0.05, 0) is 12.1 Å². The van der Waals surface area contributed by atoms with Gasteiger partial charge in [0.1, 0.15) is 12.4 Å². The summed E-state index contributed by atoms with van der Waals surface area (Å²) >= 11 is 0. The Morgan fingerprint density at radius 2 is 2.00 bits per heavy atom. The van der Waals surface area contributed by atoms with Crippen molar-refractivity contribution in [1.82, 2.24) is 0 Å². The quantitative estimate of drug-likeness (QED) is 0.773. The fourth-order valence-corrected chi connectivity index (χ4v) is 1.31. The van der Waals surface area contributed by atoms with Crippen LogP contribution in [0.15, 0.2) is 18.2 Å². The molecule has 1 rings (SSSR count). The van der Waals surface area contributed by atoms with Gasteiger partial charge in [0.2, 0.25) is 9.05 Å². The molecule has 0 aliphatic heterocycles. The van der Waals surface area contributed by atoms with Crippen LogP contribution in [0.4, 0.5) is 8.78 Å². The van der Waals surface area contributed by atoms with E-state index in [-0.39, 0.29) is 12.4 Å². The highest BCUT2D eigenvalue weighted by Crippen LogP contribution is 2.17. The summed E-state index contributed by atoms with van der Waals surface area (Å²) in [7, 11) is 1.24. The van der Waals surface area contributed by atoms with Gasteiger partial charge in [-0.3, -0.25) is 0 Å². The maximum atomic E-state index is 12.9. The van der Waals surface area contributed by atoms with Crippen LogP contribution < -0.4 is 4.74 Å². The lowest BCUT2D eigenvalue weighted by molar-refractivity contribution is 0.321. The predicted molar refractivity (Wildman–Crippen MR) is 51.5 cm³/mol. The number of hydrogen-bond acceptors (Lipinski definition) is 3. The molecule has 0 N–H and O–H groups in total. The molecule has 0 radical (unpaired) electrons. The summed E-state index contributed by atoms with van der Waals surface area (Å²) in [5, 5.41) is 0. The van der Waals surface area contributed by atoms with E-state index in [1.54, 1.807) is 0 Å². The van der Waals surface area contributed by atoms with Gasteiger partial charge < -0.3 is 4.74 Å². The molecule has 3 nitrogen and oxygen atoms in total. The van der Waals surface area contributed by atoms with Crippen molar-refractivity contribution in [3.63, 3.8) is 0 Å². The first-order chi connectivity index (χ1) is 6.88. The average Bonchev–Trinajstić information content (AvgIpc) is 2.07. The van der Waals surface area contributed by atoms with Crippen LogP contribution in [0.1, 0.15) is 0 Å². The van der Waals surface area contributed by atoms with Crippen LogP contribution in [0.5, 0.6) is 5.75 Å². The fraction of sp³-hybridized carbons (Fsp3) is 0.250. The molecule has 0 amide bonds. The number of ether oxygens (including phenoxy) is 1. The van der Waals surface area contributed by atoms with Gasteiger partial charge >= 0.3 is 0 Å². The molecular weight excluding hydrogens is 250 g/mol. The number of hydrogen-bond donors (Lipinski definition) is 0. The second-order valence-corrected chi connectivity index (χ2v) is 5.56. The zero-order valence-electron chi connectivity index (χ0n) is 7.41. The molecule has 7 heteroatoms. The Bertz CT molecular complexity index is 447. The van der Waals surface area contributed by atoms with Gasteiger partial charge in [-0.25, -0.2) is 17.2 Å². The SMILES string of the molecule is O=S(=O)(Cl)CCOc1ccc(F)cc1F. The first kappa shape index (κ1) is 12.2. The summed E-state index contributed by atoms with van der Waals surface area (Å²) in [6, 6.07) is 2.73. The van der Waals surface area contributed by atoms with E-state index in [9.17, 15) is 17.2 Å². The van der Waals surface area contributed by atoms with Gasteiger partial charge in [-0.1, -0.05) is 0 Å². The largest absolute Gasteiger partial charge is 0.489 e. The maximum absolute atomic E-state index is 12.9. The Hall–Kier alpha value is -0.880. The van der Waals surface area contributed by atoms with E-state index in [2.05, 4.69) is 0 Å². The van der Waals surface area contributed by atoms with Crippen LogP contribution in [0, 0.1) is 11.6 Å². The van der Waals surface area contributed by atoms with Gasteiger partial charge in [0.15, 0.2) is 11.6 Å². The van der Waals surface area contributed by atoms with Crippen molar-refractivity contribution in [3.05, 3.63) is 29.8 Å². The van der Waals surface area contributed by atoms with E-state index in [0.29, 0.717) is 6.07 Å². The summed E-state index contributed by atoms with van der Waals surface area (Å²) in [5.41, 5.74) is 0. The van der Waals surface area contributed by atoms with Crippen molar-refractivity contribution in [2.45, 2.75) is 0 Å². The lowest BCUT2D eigenvalue weighted by atomic mass is 10.3. The van der Waals surface area contributed by atoms with Crippen LogP contribution in [0.25, 0.3) is 0 Å². The zero-order chi connectivity index (χ0) is 11.5.